The van der Waals surface area contributed by atoms with Crippen molar-refractivity contribution >= 4 is 0 Å². The predicted molar refractivity (Wildman–Crippen MR) is 41.5 cm³/mol. The third kappa shape index (κ3) is 1.53. The van der Waals surface area contributed by atoms with Gasteiger partial charge in [0.25, 0.3) is 0 Å². The standard InChI is InChI=1S/C8H13NO/c1-3-7-4-5-9-8(6-7)10-2/h4,6,9H,3,5H2,1-2H3. The molecule has 0 aliphatic carbocycles. The molecule has 1 heterocycles. The fourth-order valence-corrected chi connectivity index (χ4v) is 0.939. The molecule has 0 radical (unpaired) electrons. The number of allylic oxidation sites excluding steroid dienone is 2. The molecule has 0 fully saturated rings. The van der Waals surface area contributed by atoms with Gasteiger partial charge in [0.15, 0.2) is 5.88 Å². The molecule has 0 spiro atoms. The average molecular weight is 139 g/mol. The van der Waals surface area contributed by atoms with Gasteiger partial charge >= 0.3 is 0 Å². The van der Waals surface area contributed by atoms with E-state index in [1.54, 1.807) is 7.11 Å². The lowest BCUT2D eigenvalue weighted by Crippen LogP contribution is -2.18. The number of hydrogen-bond donors (Lipinski definition) is 1. The van der Waals surface area contributed by atoms with Gasteiger partial charge in [-0.1, -0.05) is 13.0 Å². The Bertz CT molecular complexity index is 170. The van der Waals surface area contributed by atoms with Gasteiger partial charge in [-0.2, -0.15) is 0 Å². The summed E-state index contributed by atoms with van der Waals surface area (Å²) in [5.74, 6) is 0.874. The van der Waals surface area contributed by atoms with E-state index in [4.69, 9.17) is 4.74 Å². The first kappa shape index (κ1) is 7.19. The maximum Gasteiger partial charge on any atom is 0.186 e. The van der Waals surface area contributed by atoms with E-state index in [0.717, 1.165) is 18.8 Å². The van der Waals surface area contributed by atoms with Crippen LogP contribution < -0.4 is 5.32 Å². The second-order valence-corrected chi connectivity index (χ2v) is 2.23. The van der Waals surface area contributed by atoms with E-state index in [1.807, 2.05) is 6.08 Å². The Kier molecular flexibility index (Phi) is 2.37. The molecule has 1 aliphatic rings. The summed E-state index contributed by atoms with van der Waals surface area (Å²) in [6.45, 7) is 3.03. The zero-order chi connectivity index (χ0) is 7.40. The zero-order valence-electron chi connectivity index (χ0n) is 6.48. The predicted octanol–water partition coefficient (Wildman–Crippen LogP) is 1.41. The summed E-state index contributed by atoms with van der Waals surface area (Å²) in [6, 6.07) is 0. The molecule has 1 N–H and O–H groups in total. The highest BCUT2D eigenvalue weighted by molar-refractivity contribution is 5.24. The molecule has 0 bridgehead atoms. The molecule has 0 atom stereocenters. The molecule has 0 aromatic carbocycles. The molecule has 0 saturated heterocycles. The van der Waals surface area contributed by atoms with Crippen LogP contribution in [0.2, 0.25) is 0 Å². The Hall–Kier alpha value is -0.920. The molecule has 1 rings (SSSR count). The van der Waals surface area contributed by atoms with E-state index in [2.05, 4.69) is 18.3 Å². The summed E-state index contributed by atoms with van der Waals surface area (Å²) >= 11 is 0. The Morgan fingerprint density at radius 3 is 3.10 bits per heavy atom. The van der Waals surface area contributed by atoms with Crippen molar-refractivity contribution in [3.05, 3.63) is 23.6 Å². The zero-order valence-corrected chi connectivity index (χ0v) is 6.48. The SMILES string of the molecule is CCC1=CCNC(OC)=C1. The van der Waals surface area contributed by atoms with Gasteiger partial charge < -0.3 is 10.1 Å². The van der Waals surface area contributed by atoms with Crippen LogP contribution in [0.25, 0.3) is 0 Å². The summed E-state index contributed by atoms with van der Waals surface area (Å²) in [4.78, 5) is 0. The summed E-state index contributed by atoms with van der Waals surface area (Å²) < 4.78 is 5.03. The van der Waals surface area contributed by atoms with Crippen molar-refractivity contribution in [2.45, 2.75) is 13.3 Å². The van der Waals surface area contributed by atoms with Crippen molar-refractivity contribution in [2.24, 2.45) is 0 Å². The third-order valence-electron chi connectivity index (χ3n) is 1.59. The third-order valence-corrected chi connectivity index (χ3v) is 1.59. The fraction of sp³-hybridized carbons (Fsp3) is 0.500. The fourth-order valence-electron chi connectivity index (χ4n) is 0.939. The molecule has 0 saturated carbocycles. The monoisotopic (exact) mass is 139 g/mol. The van der Waals surface area contributed by atoms with Crippen molar-refractivity contribution in [1.29, 1.82) is 0 Å². The molecule has 0 aromatic rings. The van der Waals surface area contributed by atoms with Gasteiger partial charge in [-0.3, -0.25) is 0 Å². The van der Waals surface area contributed by atoms with Crippen LogP contribution in [0.15, 0.2) is 23.6 Å². The first-order valence-corrected chi connectivity index (χ1v) is 3.55. The minimum Gasteiger partial charge on any atom is -0.483 e. The van der Waals surface area contributed by atoms with Crippen LogP contribution in [-0.4, -0.2) is 13.7 Å². The lowest BCUT2D eigenvalue weighted by Gasteiger charge is -2.13. The highest BCUT2D eigenvalue weighted by atomic mass is 16.5. The largest absolute Gasteiger partial charge is 0.483 e. The molecule has 10 heavy (non-hydrogen) atoms. The second kappa shape index (κ2) is 3.30. The maximum absolute atomic E-state index is 5.03. The first-order valence-electron chi connectivity index (χ1n) is 3.55. The second-order valence-electron chi connectivity index (χ2n) is 2.23. The van der Waals surface area contributed by atoms with E-state index >= 15 is 0 Å². The van der Waals surface area contributed by atoms with E-state index < -0.39 is 0 Å². The molecule has 56 valence electrons. The molecule has 0 unspecified atom stereocenters. The number of ether oxygens (including phenoxy) is 1. The Labute approximate surface area is 61.6 Å². The normalized spacial score (nSPS) is 17.0. The number of nitrogens with one attached hydrogen (secondary N) is 1. The Balaban J connectivity index is 2.61. The van der Waals surface area contributed by atoms with Crippen LogP contribution in [0.1, 0.15) is 13.3 Å². The van der Waals surface area contributed by atoms with Gasteiger partial charge in [0.2, 0.25) is 0 Å². The quantitative estimate of drug-likeness (QED) is 0.624. The lowest BCUT2D eigenvalue weighted by molar-refractivity contribution is 0.263. The van der Waals surface area contributed by atoms with Crippen molar-refractivity contribution in [3.63, 3.8) is 0 Å². The van der Waals surface area contributed by atoms with Gasteiger partial charge in [-0.05, 0) is 12.0 Å². The molecule has 0 aromatic heterocycles. The highest BCUT2D eigenvalue weighted by Gasteiger charge is 2.00. The topological polar surface area (TPSA) is 21.3 Å². The summed E-state index contributed by atoms with van der Waals surface area (Å²) in [5, 5.41) is 3.10. The van der Waals surface area contributed by atoms with E-state index in [9.17, 15) is 0 Å². The van der Waals surface area contributed by atoms with Crippen molar-refractivity contribution in [3.8, 4) is 0 Å². The van der Waals surface area contributed by atoms with E-state index in [0.29, 0.717) is 0 Å². The van der Waals surface area contributed by atoms with Gasteiger partial charge in [0, 0.05) is 12.6 Å². The number of rotatable bonds is 2. The number of hydrogen-bond acceptors (Lipinski definition) is 2. The molecule has 2 nitrogen and oxygen atoms in total. The van der Waals surface area contributed by atoms with Gasteiger partial charge in [-0.25, -0.2) is 0 Å². The molecular weight excluding hydrogens is 126 g/mol. The Morgan fingerprint density at radius 2 is 2.50 bits per heavy atom. The molecule has 2 heteroatoms. The first-order chi connectivity index (χ1) is 4.86. The number of methoxy groups -OCH3 is 1. The van der Waals surface area contributed by atoms with Crippen LogP contribution in [-0.2, 0) is 4.74 Å². The lowest BCUT2D eigenvalue weighted by atomic mass is 10.1. The van der Waals surface area contributed by atoms with Crippen LogP contribution >= 0.6 is 0 Å². The van der Waals surface area contributed by atoms with E-state index in [1.165, 1.54) is 5.57 Å². The molecule has 1 aliphatic heterocycles. The minimum atomic E-state index is 0.874. The van der Waals surface area contributed by atoms with Gasteiger partial charge in [0.1, 0.15) is 0 Å². The van der Waals surface area contributed by atoms with Crippen molar-refractivity contribution in [1.82, 2.24) is 5.32 Å². The highest BCUT2D eigenvalue weighted by Crippen LogP contribution is 2.08. The van der Waals surface area contributed by atoms with Crippen LogP contribution in [0.5, 0.6) is 0 Å². The summed E-state index contributed by atoms with van der Waals surface area (Å²) in [6.07, 6.45) is 5.28. The molecule has 0 amide bonds. The van der Waals surface area contributed by atoms with E-state index in [-0.39, 0.29) is 0 Å². The average Bonchev–Trinajstić information content (AvgIpc) is 2.05. The van der Waals surface area contributed by atoms with Crippen molar-refractivity contribution < 1.29 is 4.74 Å². The molecular formula is C8H13NO. The van der Waals surface area contributed by atoms with Crippen molar-refractivity contribution in [2.75, 3.05) is 13.7 Å². The van der Waals surface area contributed by atoms with Crippen LogP contribution in [0.3, 0.4) is 0 Å². The van der Waals surface area contributed by atoms with Crippen LogP contribution in [0, 0.1) is 0 Å². The van der Waals surface area contributed by atoms with Gasteiger partial charge in [-0.15, -0.1) is 0 Å². The number of dihydropyridines is 1. The Morgan fingerprint density at radius 1 is 1.70 bits per heavy atom. The summed E-state index contributed by atoms with van der Waals surface area (Å²) in [7, 11) is 1.68. The smallest absolute Gasteiger partial charge is 0.186 e. The maximum atomic E-state index is 5.03. The van der Waals surface area contributed by atoms with Gasteiger partial charge in [0.05, 0.1) is 7.11 Å². The summed E-state index contributed by atoms with van der Waals surface area (Å²) in [5.41, 5.74) is 1.34. The van der Waals surface area contributed by atoms with Crippen LogP contribution in [0.4, 0.5) is 0 Å². The minimum absolute atomic E-state index is 0.874.